The molecule has 0 aromatic heterocycles. The Morgan fingerprint density at radius 1 is 1.20 bits per heavy atom. The zero-order valence-electron chi connectivity index (χ0n) is 11.6. The summed E-state index contributed by atoms with van der Waals surface area (Å²) in [5.74, 6) is -3.65. The van der Waals surface area contributed by atoms with E-state index >= 15 is 0 Å². The van der Waals surface area contributed by atoms with E-state index in [9.17, 15) is 13.9 Å². The van der Waals surface area contributed by atoms with Crippen LogP contribution in [0.5, 0.6) is 5.75 Å². The number of halogens is 2. The van der Waals surface area contributed by atoms with Crippen molar-refractivity contribution in [1.29, 1.82) is 5.26 Å². The summed E-state index contributed by atoms with van der Waals surface area (Å²) in [6, 6.07) is 2.46. The van der Waals surface area contributed by atoms with Gasteiger partial charge in [-0.15, -0.1) is 0 Å². The summed E-state index contributed by atoms with van der Waals surface area (Å²) in [5.41, 5.74) is -1.95. The predicted molar refractivity (Wildman–Crippen MR) is 68.5 cm³/mol. The maximum Gasteiger partial charge on any atom is 0.496 e. The van der Waals surface area contributed by atoms with Crippen molar-refractivity contribution in [2.75, 3.05) is 0 Å². The molecular weight excluding hydrogens is 267 g/mol. The molecule has 0 spiro atoms. The molecule has 1 aliphatic heterocycles. The monoisotopic (exact) mass is 281 g/mol. The highest BCUT2D eigenvalue weighted by Gasteiger charge is 2.52. The molecule has 1 aromatic carbocycles. The van der Waals surface area contributed by atoms with Crippen molar-refractivity contribution in [3.8, 4) is 11.8 Å². The number of hydrogen-bond donors (Lipinski definition) is 1. The highest BCUT2D eigenvalue weighted by atomic mass is 19.1. The third-order valence-corrected chi connectivity index (χ3v) is 3.84. The van der Waals surface area contributed by atoms with Crippen LogP contribution in [0.3, 0.4) is 0 Å². The number of benzene rings is 1. The van der Waals surface area contributed by atoms with Crippen LogP contribution in [0.1, 0.15) is 33.3 Å². The highest BCUT2D eigenvalue weighted by Crippen LogP contribution is 2.37. The molecule has 20 heavy (non-hydrogen) atoms. The van der Waals surface area contributed by atoms with E-state index in [-0.39, 0.29) is 5.46 Å². The molecule has 1 aromatic rings. The molecule has 0 unspecified atom stereocenters. The Morgan fingerprint density at radius 2 is 1.70 bits per heavy atom. The fraction of sp³-hybridized carbons (Fsp3) is 0.462. The maximum atomic E-state index is 13.7. The lowest BCUT2D eigenvalue weighted by atomic mass is 9.76. The Balaban J connectivity index is 2.54. The van der Waals surface area contributed by atoms with Crippen LogP contribution in [-0.2, 0) is 9.31 Å². The normalized spacial score (nSPS) is 19.9. The molecule has 1 aliphatic rings. The Bertz CT molecular complexity index is 595. The molecule has 0 atom stereocenters. The minimum absolute atomic E-state index is 0.0704. The molecule has 0 bridgehead atoms. The van der Waals surface area contributed by atoms with Crippen molar-refractivity contribution in [3.63, 3.8) is 0 Å². The maximum absolute atomic E-state index is 13.7. The lowest BCUT2D eigenvalue weighted by Gasteiger charge is -2.32. The van der Waals surface area contributed by atoms with Crippen molar-refractivity contribution in [2.24, 2.45) is 0 Å². The third-order valence-electron chi connectivity index (χ3n) is 3.84. The first-order valence-corrected chi connectivity index (χ1v) is 6.07. The van der Waals surface area contributed by atoms with Crippen LogP contribution >= 0.6 is 0 Å². The van der Waals surface area contributed by atoms with Gasteiger partial charge in [0.25, 0.3) is 0 Å². The van der Waals surface area contributed by atoms with Crippen LogP contribution < -0.4 is 5.46 Å². The van der Waals surface area contributed by atoms with Crippen LogP contribution in [0, 0.1) is 23.0 Å². The molecule has 1 fully saturated rings. The second kappa shape index (κ2) is 4.43. The zero-order valence-corrected chi connectivity index (χ0v) is 11.6. The van der Waals surface area contributed by atoms with Gasteiger partial charge in [-0.3, -0.25) is 0 Å². The average molecular weight is 281 g/mol. The molecule has 106 valence electrons. The Morgan fingerprint density at radius 3 is 2.15 bits per heavy atom. The first-order chi connectivity index (χ1) is 9.10. The standard InChI is InChI=1S/C13H14BF2NO3/c1-12(2)13(3,4)20-14(19-12)8-5-9(15)11(18)10(16)7(8)6-17/h5,18H,1-4H3. The van der Waals surface area contributed by atoms with Gasteiger partial charge >= 0.3 is 7.12 Å². The third kappa shape index (κ3) is 2.05. The van der Waals surface area contributed by atoms with Crippen molar-refractivity contribution >= 4 is 12.6 Å². The number of phenolic OH excluding ortho intramolecular Hbond substituents is 1. The van der Waals surface area contributed by atoms with Gasteiger partial charge in [-0.1, -0.05) is 0 Å². The summed E-state index contributed by atoms with van der Waals surface area (Å²) in [6.07, 6.45) is 0. The average Bonchev–Trinajstić information content (AvgIpc) is 2.55. The van der Waals surface area contributed by atoms with Gasteiger partial charge in [-0.25, -0.2) is 8.78 Å². The first-order valence-electron chi connectivity index (χ1n) is 6.07. The summed E-state index contributed by atoms with van der Waals surface area (Å²) in [5, 5.41) is 18.2. The molecule has 1 saturated heterocycles. The van der Waals surface area contributed by atoms with Crippen LogP contribution in [-0.4, -0.2) is 23.4 Å². The summed E-state index contributed by atoms with van der Waals surface area (Å²) >= 11 is 0. The van der Waals surface area contributed by atoms with Gasteiger partial charge in [0, 0.05) is 5.46 Å². The lowest BCUT2D eigenvalue weighted by Crippen LogP contribution is -2.41. The fourth-order valence-electron chi connectivity index (χ4n) is 1.90. The Kier molecular flexibility index (Phi) is 3.27. The molecule has 0 aliphatic carbocycles. The fourth-order valence-corrected chi connectivity index (χ4v) is 1.90. The summed E-state index contributed by atoms with van der Waals surface area (Å²) < 4.78 is 38.5. The van der Waals surface area contributed by atoms with Gasteiger partial charge in [-0.2, -0.15) is 5.26 Å². The molecule has 0 amide bonds. The summed E-state index contributed by atoms with van der Waals surface area (Å²) in [7, 11) is -1.07. The molecule has 2 rings (SSSR count). The van der Waals surface area contributed by atoms with Crippen molar-refractivity contribution < 1.29 is 23.2 Å². The Labute approximate surface area is 116 Å². The van der Waals surface area contributed by atoms with E-state index in [1.165, 1.54) is 0 Å². The van der Waals surface area contributed by atoms with Gasteiger partial charge in [0.15, 0.2) is 17.4 Å². The zero-order chi connectivity index (χ0) is 15.3. The number of aromatic hydroxyl groups is 1. The molecular formula is C13H14BF2NO3. The van der Waals surface area contributed by atoms with Crippen LogP contribution in [0.15, 0.2) is 6.07 Å². The number of hydrogen-bond acceptors (Lipinski definition) is 4. The molecule has 4 nitrogen and oxygen atoms in total. The van der Waals surface area contributed by atoms with Gasteiger partial charge < -0.3 is 14.4 Å². The van der Waals surface area contributed by atoms with Gasteiger partial charge in [-0.05, 0) is 33.8 Å². The van der Waals surface area contributed by atoms with Gasteiger partial charge in [0.1, 0.15) is 6.07 Å². The van der Waals surface area contributed by atoms with Crippen molar-refractivity contribution in [2.45, 2.75) is 38.9 Å². The largest absolute Gasteiger partial charge is 0.503 e. The minimum Gasteiger partial charge on any atom is -0.503 e. The second-order valence-electron chi connectivity index (χ2n) is 5.69. The SMILES string of the molecule is CC1(C)OB(c2cc(F)c(O)c(F)c2C#N)OC1(C)C. The Hall–Kier alpha value is -1.65. The predicted octanol–water partition coefficient (Wildman–Crippen LogP) is 1.84. The van der Waals surface area contributed by atoms with Gasteiger partial charge in [0.2, 0.25) is 0 Å². The van der Waals surface area contributed by atoms with E-state index in [1.807, 2.05) is 0 Å². The highest BCUT2D eigenvalue weighted by molar-refractivity contribution is 6.62. The van der Waals surface area contributed by atoms with Gasteiger partial charge in [0.05, 0.1) is 16.8 Å². The molecule has 7 heteroatoms. The van der Waals surface area contributed by atoms with Crippen LogP contribution in [0.25, 0.3) is 0 Å². The summed E-state index contributed by atoms with van der Waals surface area (Å²) in [6.45, 7) is 7.14. The number of rotatable bonds is 1. The van der Waals surface area contributed by atoms with E-state index in [2.05, 4.69) is 0 Å². The summed E-state index contributed by atoms with van der Waals surface area (Å²) in [4.78, 5) is 0. The van der Waals surface area contributed by atoms with E-state index in [4.69, 9.17) is 14.6 Å². The quantitative estimate of drug-likeness (QED) is 0.798. The van der Waals surface area contributed by atoms with Crippen molar-refractivity contribution in [1.82, 2.24) is 0 Å². The van der Waals surface area contributed by atoms with Crippen LogP contribution in [0.4, 0.5) is 8.78 Å². The van der Waals surface area contributed by atoms with E-state index in [0.29, 0.717) is 0 Å². The second-order valence-corrected chi connectivity index (χ2v) is 5.69. The molecule has 0 radical (unpaired) electrons. The smallest absolute Gasteiger partial charge is 0.496 e. The molecule has 1 N–H and O–H groups in total. The van der Waals surface area contributed by atoms with Crippen LogP contribution in [0.2, 0.25) is 0 Å². The van der Waals surface area contributed by atoms with E-state index < -0.39 is 41.3 Å². The van der Waals surface area contributed by atoms with Crippen molar-refractivity contribution in [3.05, 3.63) is 23.3 Å². The number of phenols is 1. The number of nitrogens with zero attached hydrogens (tertiary/aromatic N) is 1. The minimum atomic E-state index is -1.31. The first kappa shape index (κ1) is 14.8. The topological polar surface area (TPSA) is 62.5 Å². The molecule has 0 saturated carbocycles. The molecule has 1 heterocycles. The van der Waals surface area contributed by atoms with E-state index in [1.54, 1.807) is 33.8 Å². The van der Waals surface area contributed by atoms with E-state index in [0.717, 1.165) is 6.07 Å². The number of nitriles is 1. The lowest BCUT2D eigenvalue weighted by molar-refractivity contribution is 0.00578.